The van der Waals surface area contributed by atoms with Crippen molar-refractivity contribution in [3.63, 3.8) is 0 Å². The van der Waals surface area contributed by atoms with Crippen LogP contribution in [0.5, 0.6) is 0 Å². The minimum atomic E-state index is -0.902. The number of carbonyl (C=O) groups is 1. The number of imidazole rings is 1. The van der Waals surface area contributed by atoms with Crippen LogP contribution >= 0.6 is 0 Å². The van der Waals surface area contributed by atoms with E-state index < -0.39 is 17.5 Å². The molecule has 6 heteroatoms. The Hall–Kier alpha value is -2.76. The first-order valence-electron chi connectivity index (χ1n) is 7.32. The number of para-hydroxylation sites is 2. The molecule has 0 bridgehead atoms. The Morgan fingerprint density at radius 2 is 2.00 bits per heavy atom. The first-order chi connectivity index (χ1) is 11.1. The highest BCUT2D eigenvalue weighted by molar-refractivity contribution is 6.04. The third-order valence-electron chi connectivity index (χ3n) is 3.50. The summed E-state index contributed by atoms with van der Waals surface area (Å²) in [5, 5.41) is 2.61. The molecule has 0 aliphatic carbocycles. The van der Waals surface area contributed by atoms with Gasteiger partial charge in [0, 0.05) is 12.6 Å². The Kier molecular flexibility index (Phi) is 4.06. The number of carbonyl (C=O) groups excluding carboxylic acids is 1. The Balaban J connectivity index is 1.97. The molecule has 3 rings (SSSR count). The molecule has 3 aromatic rings. The lowest BCUT2D eigenvalue weighted by atomic mass is 10.2. The number of hydrogen-bond donors (Lipinski definition) is 1. The van der Waals surface area contributed by atoms with Crippen molar-refractivity contribution in [2.75, 3.05) is 5.32 Å². The van der Waals surface area contributed by atoms with Crippen molar-refractivity contribution in [1.82, 2.24) is 9.55 Å². The van der Waals surface area contributed by atoms with Gasteiger partial charge in [0.25, 0.3) is 5.91 Å². The molecule has 23 heavy (non-hydrogen) atoms. The van der Waals surface area contributed by atoms with Crippen LogP contribution in [-0.2, 0) is 6.54 Å². The molecule has 0 radical (unpaired) electrons. The summed E-state index contributed by atoms with van der Waals surface area (Å²) in [5.74, 6) is -1.94. The predicted molar refractivity (Wildman–Crippen MR) is 84.3 cm³/mol. The molecule has 0 spiro atoms. The second-order valence-electron chi connectivity index (χ2n) is 5.15. The summed E-state index contributed by atoms with van der Waals surface area (Å²) in [6, 6.07) is 10.4. The van der Waals surface area contributed by atoms with Gasteiger partial charge >= 0.3 is 0 Å². The largest absolute Gasteiger partial charge is 0.310 e. The van der Waals surface area contributed by atoms with Crippen LogP contribution in [0, 0.1) is 11.6 Å². The minimum absolute atomic E-state index is 0.221. The van der Waals surface area contributed by atoms with E-state index >= 15 is 0 Å². The Bertz CT molecular complexity index is 873. The molecule has 4 nitrogen and oxygen atoms in total. The Morgan fingerprint density at radius 1 is 1.22 bits per heavy atom. The van der Waals surface area contributed by atoms with Crippen LogP contribution < -0.4 is 5.32 Å². The molecule has 1 aromatic heterocycles. The summed E-state index contributed by atoms with van der Waals surface area (Å²) in [6.45, 7) is 2.68. The molecule has 0 aliphatic rings. The van der Waals surface area contributed by atoms with Crippen molar-refractivity contribution < 1.29 is 13.6 Å². The maximum absolute atomic E-state index is 13.7. The third-order valence-corrected chi connectivity index (χ3v) is 3.50. The van der Waals surface area contributed by atoms with Crippen LogP contribution in [0.15, 0.2) is 42.5 Å². The zero-order valence-corrected chi connectivity index (χ0v) is 12.5. The first kappa shape index (κ1) is 15.1. The van der Waals surface area contributed by atoms with E-state index in [9.17, 15) is 13.6 Å². The molecule has 0 saturated heterocycles. The summed E-state index contributed by atoms with van der Waals surface area (Å²) in [7, 11) is 0. The standard InChI is InChI=1S/C17H15F2N3O/c1-2-9-22-15-6-4-3-5-14(15)20-17(22)21-16(23)12-8-7-11(18)10-13(12)19/h3-8,10H,2,9H2,1H3,(H,20,21,23). The number of aromatic nitrogens is 2. The highest BCUT2D eigenvalue weighted by Crippen LogP contribution is 2.21. The van der Waals surface area contributed by atoms with Crippen molar-refractivity contribution >= 4 is 22.9 Å². The predicted octanol–water partition coefficient (Wildman–Crippen LogP) is 3.98. The number of nitrogens with zero attached hydrogens (tertiary/aromatic N) is 2. The molecule has 0 atom stereocenters. The summed E-state index contributed by atoms with van der Waals surface area (Å²) >= 11 is 0. The van der Waals surface area contributed by atoms with E-state index in [-0.39, 0.29) is 5.56 Å². The smallest absolute Gasteiger partial charge is 0.260 e. The zero-order valence-electron chi connectivity index (χ0n) is 12.5. The zero-order chi connectivity index (χ0) is 16.4. The summed E-state index contributed by atoms with van der Waals surface area (Å²) in [6.07, 6.45) is 0.855. The average molecular weight is 315 g/mol. The fraction of sp³-hybridized carbons (Fsp3) is 0.176. The Morgan fingerprint density at radius 3 is 2.74 bits per heavy atom. The second-order valence-corrected chi connectivity index (χ2v) is 5.15. The highest BCUT2D eigenvalue weighted by Gasteiger charge is 2.17. The Labute approximate surface area is 131 Å². The lowest BCUT2D eigenvalue weighted by Gasteiger charge is -2.09. The molecule has 0 aliphatic heterocycles. The van der Waals surface area contributed by atoms with Crippen molar-refractivity contribution in [3.8, 4) is 0 Å². The molecule has 118 valence electrons. The SMILES string of the molecule is CCCn1c(NC(=O)c2ccc(F)cc2F)nc2ccccc21. The van der Waals surface area contributed by atoms with Gasteiger partial charge in [-0.15, -0.1) is 0 Å². The van der Waals surface area contributed by atoms with Crippen LogP contribution in [-0.4, -0.2) is 15.5 Å². The van der Waals surface area contributed by atoms with Crippen molar-refractivity contribution in [2.24, 2.45) is 0 Å². The van der Waals surface area contributed by atoms with Crippen molar-refractivity contribution in [1.29, 1.82) is 0 Å². The molecular weight excluding hydrogens is 300 g/mol. The van der Waals surface area contributed by atoms with Crippen LogP contribution in [0.1, 0.15) is 23.7 Å². The van der Waals surface area contributed by atoms with E-state index in [4.69, 9.17) is 0 Å². The quantitative estimate of drug-likeness (QED) is 0.791. The van der Waals surface area contributed by atoms with E-state index in [1.165, 1.54) is 0 Å². The lowest BCUT2D eigenvalue weighted by molar-refractivity contribution is 0.102. The molecule has 1 N–H and O–H groups in total. The summed E-state index contributed by atoms with van der Waals surface area (Å²) in [5.41, 5.74) is 1.42. The molecule has 0 saturated carbocycles. The van der Waals surface area contributed by atoms with Gasteiger partial charge in [-0.1, -0.05) is 19.1 Å². The minimum Gasteiger partial charge on any atom is -0.310 e. The number of hydrogen-bond acceptors (Lipinski definition) is 2. The van der Waals surface area contributed by atoms with Gasteiger partial charge in [0.2, 0.25) is 5.95 Å². The molecule has 0 unspecified atom stereocenters. The van der Waals surface area contributed by atoms with Gasteiger partial charge in [0.15, 0.2) is 0 Å². The number of nitrogens with one attached hydrogen (secondary N) is 1. The number of aryl methyl sites for hydroxylation is 1. The topological polar surface area (TPSA) is 46.9 Å². The third kappa shape index (κ3) is 2.92. The van der Waals surface area contributed by atoms with Gasteiger partial charge in [0.1, 0.15) is 11.6 Å². The van der Waals surface area contributed by atoms with E-state index in [0.29, 0.717) is 18.6 Å². The highest BCUT2D eigenvalue weighted by atomic mass is 19.1. The van der Waals surface area contributed by atoms with Gasteiger partial charge in [-0.05, 0) is 30.7 Å². The maximum Gasteiger partial charge on any atom is 0.260 e. The van der Waals surface area contributed by atoms with E-state index in [1.807, 2.05) is 35.8 Å². The fourth-order valence-corrected chi connectivity index (χ4v) is 2.46. The average Bonchev–Trinajstić information content (AvgIpc) is 2.85. The monoisotopic (exact) mass is 315 g/mol. The van der Waals surface area contributed by atoms with Crippen LogP contribution in [0.25, 0.3) is 11.0 Å². The van der Waals surface area contributed by atoms with E-state index in [1.54, 1.807) is 0 Å². The molecule has 0 fully saturated rings. The fourth-order valence-electron chi connectivity index (χ4n) is 2.46. The van der Waals surface area contributed by atoms with E-state index in [0.717, 1.165) is 29.6 Å². The first-order valence-corrected chi connectivity index (χ1v) is 7.32. The van der Waals surface area contributed by atoms with Crippen LogP contribution in [0.4, 0.5) is 14.7 Å². The molecule has 2 aromatic carbocycles. The van der Waals surface area contributed by atoms with Gasteiger partial charge in [-0.25, -0.2) is 13.8 Å². The molecular formula is C17H15F2N3O. The number of fused-ring (bicyclic) bond motifs is 1. The van der Waals surface area contributed by atoms with Crippen molar-refractivity contribution in [2.45, 2.75) is 19.9 Å². The van der Waals surface area contributed by atoms with Crippen LogP contribution in [0.3, 0.4) is 0 Å². The van der Waals surface area contributed by atoms with Gasteiger partial charge in [-0.2, -0.15) is 0 Å². The number of rotatable bonds is 4. The summed E-state index contributed by atoms with van der Waals surface area (Å²) < 4.78 is 28.6. The number of amides is 1. The lowest BCUT2D eigenvalue weighted by Crippen LogP contribution is -2.17. The summed E-state index contributed by atoms with van der Waals surface area (Å²) in [4.78, 5) is 16.6. The molecule has 1 amide bonds. The van der Waals surface area contributed by atoms with E-state index in [2.05, 4.69) is 10.3 Å². The van der Waals surface area contributed by atoms with Crippen LogP contribution in [0.2, 0.25) is 0 Å². The number of halogens is 2. The molecule has 1 heterocycles. The normalized spacial score (nSPS) is 10.9. The van der Waals surface area contributed by atoms with Gasteiger partial charge in [0.05, 0.1) is 16.6 Å². The van der Waals surface area contributed by atoms with Gasteiger partial charge in [-0.3, -0.25) is 10.1 Å². The van der Waals surface area contributed by atoms with Crippen molar-refractivity contribution in [3.05, 3.63) is 59.7 Å². The number of benzene rings is 2. The maximum atomic E-state index is 13.7. The van der Waals surface area contributed by atoms with Gasteiger partial charge < -0.3 is 4.57 Å². The number of anilines is 1. The second kappa shape index (κ2) is 6.16.